The summed E-state index contributed by atoms with van der Waals surface area (Å²) < 4.78 is 1.54. The zero-order valence-corrected chi connectivity index (χ0v) is 11.8. The van der Waals surface area contributed by atoms with Gasteiger partial charge in [0.25, 0.3) is 5.56 Å². The average molecular weight is 260 g/mol. The SMILES string of the molecule is Cc1ccc2c(=O)n([C@@H](CO)C(C)C)cnc2c1C. The zero-order valence-electron chi connectivity index (χ0n) is 11.8. The molecule has 0 unspecified atom stereocenters. The highest BCUT2D eigenvalue weighted by Crippen LogP contribution is 2.19. The van der Waals surface area contributed by atoms with Gasteiger partial charge in [-0.2, -0.15) is 0 Å². The number of aliphatic hydroxyl groups excluding tert-OH is 1. The van der Waals surface area contributed by atoms with Crippen molar-refractivity contribution in [2.75, 3.05) is 6.61 Å². The quantitative estimate of drug-likeness (QED) is 0.920. The molecule has 1 atom stereocenters. The first-order valence-corrected chi connectivity index (χ1v) is 6.55. The predicted molar refractivity (Wildman–Crippen MR) is 76.4 cm³/mol. The molecule has 102 valence electrons. The van der Waals surface area contributed by atoms with Crippen molar-refractivity contribution in [3.05, 3.63) is 39.9 Å². The van der Waals surface area contributed by atoms with Gasteiger partial charge in [0.05, 0.1) is 29.9 Å². The number of aliphatic hydroxyl groups is 1. The summed E-state index contributed by atoms with van der Waals surface area (Å²) in [5.74, 6) is 0.175. The molecule has 0 aliphatic heterocycles. The van der Waals surface area contributed by atoms with Crippen molar-refractivity contribution in [1.29, 1.82) is 0 Å². The number of nitrogens with zero attached hydrogens (tertiary/aromatic N) is 2. The fraction of sp³-hybridized carbons (Fsp3) is 0.467. The van der Waals surface area contributed by atoms with E-state index in [1.54, 1.807) is 10.9 Å². The number of aromatic nitrogens is 2. The monoisotopic (exact) mass is 260 g/mol. The fourth-order valence-corrected chi connectivity index (χ4v) is 2.31. The molecule has 2 aromatic rings. The normalized spacial score (nSPS) is 13.2. The maximum atomic E-state index is 12.5. The Kier molecular flexibility index (Phi) is 3.71. The van der Waals surface area contributed by atoms with Crippen LogP contribution in [-0.4, -0.2) is 21.3 Å². The van der Waals surface area contributed by atoms with E-state index in [0.717, 1.165) is 16.6 Å². The summed E-state index contributed by atoms with van der Waals surface area (Å²) in [5.41, 5.74) is 2.83. The van der Waals surface area contributed by atoms with Gasteiger partial charge in [-0.25, -0.2) is 4.98 Å². The van der Waals surface area contributed by atoms with E-state index in [4.69, 9.17) is 0 Å². The zero-order chi connectivity index (χ0) is 14.2. The van der Waals surface area contributed by atoms with Gasteiger partial charge in [0.2, 0.25) is 0 Å². The summed E-state index contributed by atoms with van der Waals surface area (Å²) in [6.45, 7) is 7.89. The second kappa shape index (κ2) is 5.13. The Balaban J connectivity index is 2.72. The van der Waals surface area contributed by atoms with Gasteiger partial charge in [0.1, 0.15) is 0 Å². The van der Waals surface area contributed by atoms with E-state index in [0.29, 0.717) is 5.39 Å². The largest absolute Gasteiger partial charge is 0.394 e. The fourth-order valence-electron chi connectivity index (χ4n) is 2.31. The highest BCUT2D eigenvalue weighted by atomic mass is 16.3. The summed E-state index contributed by atoms with van der Waals surface area (Å²) >= 11 is 0. The molecule has 0 aliphatic carbocycles. The molecular weight excluding hydrogens is 240 g/mol. The maximum Gasteiger partial charge on any atom is 0.261 e. The Morgan fingerprint density at radius 2 is 2.00 bits per heavy atom. The summed E-state index contributed by atoms with van der Waals surface area (Å²) in [7, 11) is 0. The van der Waals surface area contributed by atoms with Crippen LogP contribution in [0.3, 0.4) is 0 Å². The number of benzene rings is 1. The van der Waals surface area contributed by atoms with Gasteiger partial charge < -0.3 is 5.11 Å². The molecule has 1 N–H and O–H groups in total. The molecule has 0 saturated carbocycles. The highest BCUT2D eigenvalue weighted by molar-refractivity contribution is 5.81. The lowest BCUT2D eigenvalue weighted by atomic mass is 10.0. The summed E-state index contributed by atoms with van der Waals surface area (Å²) in [4.78, 5) is 16.9. The molecule has 0 amide bonds. The Bertz CT molecular complexity index is 659. The van der Waals surface area contributed by atoms with Crippen molar-refractivity contribution in [3.8, 4) is 0 Å². The molecule has 0 radical (unpaired) electrons. The molecule has 1 aromatic heterocycles. The summed E-state index contributed by atoms with van der Waals surface area (Å²) in [5, 5.41) is 10.1. The molecule has 0 bridgehead atoms. The van der Waals surface area contributed by atoms with E-state index in [1.807, 2.05) is 39.8 Å². The van der Waals surface area contributed by atoms with Gasteiger partial charge in [0.15, 0.2) is 0 Å². The molecule has 0 aliphatic rings. The van der Waals surface area contributed by atoms with E-state index in [2.05, 4.69) is 4.98 Å². The minimum atomic E-state index is -0.231. The average Bonchev–Trinajstić information content (AvgIpc) is 2.37. The molecule has 4 heteroatoms. The van der Waals surface area contributed by atoms with Crippen molar-refractivity contribution in [3.63, 3.8) is 0 Å². The van der Waals surface area contributed by atoms with Crippen LogP contribution in [0.2, 0.25) is 0 Å². The lowest BCUT2D eigenvalue weighted by Crippen LogP contribution is -2.30. The van der Waals surface area contributed by atoms with Crippen LogP contribution in [0.1, 0.15) is 31.0 Å². The van der Waals surface area contributed by atoms with Gasteiger partial charge in [0, 0.05) is 0 Å². The third kappa shape index (κ3) is 2.28. The topological polar surface area (TPSA) is 55.1 Å². The van der Waals surface area contributed by atoms with Crippen LogP contribution in [0.15, 0.2) is 23.3 Å². The minimum Gasteiger partial charge on any atom is -0.394 e. The molecule has 1 heterocycles. The molecule has 0 saturated heterocycles. The molecule has 1 aromatic carbocycles. The van der Waals surface area contributed by atoms with Crippen LogP contribution in [0.5, 0.6) is 0 Å². The molecule has 4 nitrogen and oxygen atoms in total. The van der Waals surface area contributed by atoms with Crippen LogP contribution >= 0.6 is 0 Å². The summed E-state index contributed by atoms with van der Waals surface area (Å²) in [6.07, 6.45) is 1.55. The lowest BCUT2D eigenvalue weighted by Gasteiger charge is -2.21. The van der Waals surface area contributed by atoms with Gasteiger partial charge in [-0.1, -0.05) is 19.9 Å². The van der Waals surface area contributed by atoms with Crippen molar-refractivity contribution in [2.24, 2.45) is 5.92 Å². The van der Waals surface area contributed by atoms with Crippen LogP contribution in [-0.2, 0) is 0 Å². The predicted octanol–water partition coefficient (Wildman–Crippen LogP) is 2.20. The third-order valence-corrected chi connectivity index (χ3v) is 3.79. The summed E-state index contributed by atoms with van der Waals surface area (Å²) in [6, 6.07) is 3.53. The first-order valence-electron chi connectivity index (χ1n) is 6.55. The first kappa shape index (κ1) is 13.7. The van der Waals surface area contributed by atoms with E-state index in [9.17, 15) is 9.90 Å². The Hall–Kier alpha value is -1.68. The van der Waals surface area contributed by atoms with E-state index in [-0.39, 0.29) is 24.1 Å². The lowest BCUT2D eigenvalue weighted by molar-refractivity contribution is 0.189. The van der Waals surface area contributed by atoms with Gasteiger partial charge >= 0.3 is 0 Å². The van der Waals surface area contributed by atoms with Crippen molar-refractivity contribution < 1.29 is 5.11 Å². The maximum absolute atomic E-state index is 12.5. The van der Waals surface area contributed by atoms with E-state index < -0.39 is 0 Å². The first-order chi connectivity index (χ1) is 8.97. The Morgan fingerprint density at radius 3 is 2.58 bits per heavy atom. The molecule has 2 rings (SSSR count). The van der Waals surface area contributed by atoms with Gasteiger partial charge in [-0.05, 0) is 37.0 Å². The highest BCUT2D eigenvalue weighted by Gasteiger charge is 2.17. The minimum absolute atomic E-state index is 0.0599. The second-order valence-electron chi connectivity index (χ2n) is 5.35. The van der Waals surface area contributed by atoms with Gasteiger partial charge in [-0.3, -0.25) is 9.36 Å². The van der Waals surface area contributed by atoms with Gasteiger partial charge in [-0.15, -0.1) is 0 Å². The van der Waals surface area contributed by atoms with Crippen LogP contribution in [0, 0.1) is 19.8 Å². The number of hydrogen-bond donors (Lipinski definition) is 1. The van der Waals surface area contributed by atoms with Crippen molar-refractivity contribution in [2.45, 2.75) is 33.7 Å². The standard InChI is InChI=1S/C15H20N2O2/c1-9(2)13(7-18)17-8-16-14-11(4)10(3)5-6-12(14)15(17)19/h5-6,8-9,13,18H,7H2,1-4H3/t13-/m0/s1. The third-order valence-electron chi connectivity index (χ3n) is 3.79. The molecular formula is C15H20N2O2. The molecule has 0 fully saturated rings. The number of aryl methyl sites for hydroxylation is 2. The Labute approximate surface area is 112 Å². The van der Waals surface area contributed by atoms with Crippen LogP contribution in [0.4, 0.5) is 0 Å². The Morgan fingerprint density at radius 1 is 1.32 bits per heavy atom. The number of rotatable bonds is 3. The molecule has 0 spiro atoms. The van der Waals surface area contributed by atoms with Crippen molar-refractivity contribution >= 4 is 10.9 Å². The van der Waals surface area contributed by atoms with Crippen molar-refractivity contribution in [1.82, 2.24) is 9.55 Å². The second-order valence-corrected chi connectivity index (χ2v) is 5.35. The van der Waals surface area contributed by atoms with E-state index in [1.165, 1.54) is 0 Å². The smallest absolute Gasteiger partial charge is 0.261 e. The van der Waals surface area contributed by atoms with Crippen LogP contribution in [0.25, 0.3) is 10.9 Å². The number of fused-ring (bicyclic) bond motifs is 1. The van der Waals surface area contributed by atoms with Crippen LogP contribution < -0.4 is 5.56 Å². The number of hydrogen-bond acceptors (Lipinski definition) is 3. The van der Waals surface area contributed by atoms with E-state index >= 15 is 0 Å². The molecule has 19 heavy (non-hydrogen) atoms.